The van der Waals surface area contributed by atoms with Crippen LogP contribution in [0.1, 0.15) is 11.5 Å². The molecule has 8 heteroatoms. The van der Waals surface area contributed by atoms with Crippen molar-refractivity contribution in [2.24, 2.45) is 14.1 Å². The molecule has 3 rings (SSSR count). The fourth-order valence-corrected chi connectivity index (χ4v) is 3.35. The summed E-state index contributed by atoms with van der Waals surface area (Å²) in [6.45, 7) is 3.21. The van der Waals surface area contributed by atoms with Crippen LogP contribution in [0, 0.1) is 6.92 Å². The van der Waals surface area contributed by atoms with Gasteiger partial charge in [-0.2, -0.15) is 5.10 Å². The standard InChI is InChI=1S/C13H18N6OS/c1-9-11-12(18(3)16-9)15-13(21-11)19(6-7-20)8-10-14-4-5-17(10)2/h4-5,20H,6-8H2,1-3H3. The van der Waals surface area contributed by atoms with E-state index >= 15 is 0 Å². The van der Waals surface area contributed by atoms with E-state index in [2.05, 4.69) is 15.1 Å². The van der Waals surface area contributed by atoms with Crippen molar-refractivity contribution in [2.45, 2.75) is 13.5 Å². The van der Waals surface area contributed by atoms with Crippen LogP contribution in [0.25, 0.3) is 10.3 Å². The Balaban J connectivity index is 1.95. The third kappa shape index (κ3) is 2.52. The molecule has 0 bridgehead atoms. The number of fused-ring (bicyclic) bond motifs is 1. The van der Waals surface area contributed by atoms with Gasteiger partial charge in [0.15, 0.2) is 10.8 Å². The van der Waals surface area contributed by atoms with Crippen LogP contribution in [0.4, 0.5) is 5.13 Å². The van der Waals surface area contributed by atoms with Crippen LogP contribution < -0.4 is 4.90 Å². The Morgan fingerprint density at radius 3 is 2.81 bits per heavy atom. The maximum atomic E-state index is 9.32. The zero-order valence-corrected chi connectivity index (χ0v) is 13.1. The fraction of sp³-hybridized carbons (Fsp3) is 0.462. The van der Waals surface area contributed by atoms with Crippen molar-refractivity contribution in [1.82, 2.24) is 24.3 Å². The molecule has 0 saturated carbocycles. The first kappa shape index (κ1) is 14.0. The Hall–Kier alpha value is -1.93. The highest BCUT2D eigenvalue weighted by atomic mass is 32.1. The van der Waals surface area contributed by atoms with E-state index in [4.69, 9.17) is 0 Å². The summed E-state index contributed by atoms with van der Waals surface area (Å²) in [7, 11) is 3.86. The minimum atomic E-state index is 0.0809. The van der Waals surface area contributed by atoms with Gasteiger partial charge in [0, 0.05) is 33.0 Å². The molecule has 0 atom stereocenters. The number of imidazole rings is 1. The van der Waals surface area contributed by atoms with Crippen molar-refractivity contribution in [3.63, 3.8) is 0 Å². The van der Waals surface area contributed by atoms with Crippen molar-refractivity contribution < 1.29 is 5.11 Å². The van der Waals surface area contributed by atoms with Crippen LogP contribution >= 0.6 is 11.3 Å². The third-order valence-corrected chi connectivity index (χ3v) is 4.64. The van der Waals surface area contributed by atoms with Gasteiger partial charge in [0.25, 0.3) is 0 Å². The maximum absolute atomic E-state index is 9.32. The van der Waals surface area contributed by atoms with Crippen molar-refractivity contribution in [2.75, 3.05) is 18.1 Å². The Morgan fingerprint density at radius 1 is 1.38 bits per heavy atom. The number of aliphatic hydroxyl groups excluding tert-OH is 1. The van der Waals surface area contributed by atoms with Crippen LogP contribution in [0.5, 0.6) is 0 Å². The number of hydrogen-bond donors (Lipinski definition) is 1. The second-order valence-corrected chi connectivity index (χ2v) is 5.94. The molecule has 0 saturated heterocycles. The molecule has 0 aromatic carbocycles. The van der Waals surface area contributed by atoms with Gasteiger partial charge in [0.2, 0.25) is 0 Å². The highest BCUT2D eigenvalue weighted by Crippen LogP contribution is 2.31. The second kappa shape index (κ2) is 5.45. The van der Waals surface area contributed by atoms with Gasteiger partial charge in [-0.1, -0.05) is 11.3 Å². The van der Waals surface area contributed by atoms with Gasteiger partial charge in [-0.3, -0.25) is 0 Å². The van der Waals surface area contributed by atoms with Crippen molar-refractivity contribution >= 4 is 26.8 Å². The summed E-state index contributed by atoms with van der Waals surface area (Å²) < 4.78 is 4.86. The molecule has 0 amide bonds. The van der Waals surface area contributed by atoms with Gasteiger partial charge in [0.1, 0.15) is 5.82 Å². The topological polar surface area (TPSA) is 72.0 Å². The van der Waals surface area contributed by atoms with Crippen molar-refractivity contribution in [1.29, 1.82) is 0 Å². The summed E-state index contributed by atoms with van der Waals surface area (Å²) in [6, 6.07) is 0. The lowest BCUT2D eigenvalue weighted by Gasteiger charge is -2.20. The van der Waals surface area contributed by atoms with Gasteiger partial charge in [-0.15, -0.1) is 0 Å². The first-order valence-corrected chi connectivity index (χ1v) is 7.54. The van der Waals surface area contributed by atoms with Gasteiger partial charge < -0.3 is 14.6 Å². The lowest BCUT2D eigenvalue weighted by atomic mass is 10.5. The highest BCUT2D eigenvalue weighted by molar-refractivity contribution is 7.22. The van der Waals surface area contributed by atoms with Crippen LogP contribution in [-0.4, -0.2) is 42.6 Å². The minimum Gasteiger partial charge on any atom is -0.395 e. The molecule has 1 N–H and O–H groups in total. The van der Waals surface area contributed by atoms with Crippen LogP contribution in [0.3, 0.4) is 0 Å². The molecule has 0 unspecified atom stereocenters. The zero-order chi connectivity index (χ0) is 15.0. The summed E-state index contributed by atoms with van der Waals surface area (Å²) in [5, 5.41) is 14.6. The number of rotatable bonds is 5. The van der Waals surface area contributed by atoms with E-state index in [0.717, 1.165) is 27.0 Å². The van der Waals surface area contributed by atoms with Crippen molar-refractivity contribution in [3.05, 3.63) is 23.9 Å². The number of aryl methyl sites for hydroxylation is 3. The van der Waals surface area contributed by atoms with Crippen LogP contribution in [0.2, 0.25) is 0 Å². The molecule has 21 heavy (non-hydrogen) atoms. The average molecular weight is 306 g/mol. The Kier molecular flexibility index (Phi) is 3.64. The van der Waals surface area contributed by atoms with Crippen molar-refractivity contribution in [3.8, 4) is 0 Å². The van der Waals surface area contributed by atoms with E-state index in [0.29, 0.717) is 13.1 Å². The molecule has 0 aliphatic heterocycles. The summed E-state index contributed by atoms with van der Waals surface area (Å²) in [6.07, 6.45) is 3.69. The lowest BCUT2D eigenvalue weighted by Crippen LogP contribution is -2.27. The smallest absolute Gasteiger partial charge is 0.188 e. The Bertz CT molecular complexity index is 723. The fourth-order valence-electron chi connectivity index (χ4n) is 2.29. The number of nitrogens with zero attached hydrogens (tertiary/aromatic N) is 6. The van der Waals surface area contributed by atoms with Gasteiger partial charge in [-0.05, 0) is 6.92 Å². The number of thiazole rings is 1. The molecule has 3 aromatic rings. The van der Waals surface area contributed by atoms with E-state index in [1.54, 1.807) is 22.2 Å². The largest absolute Gasteiger partial charge is 0.395 e. The molecule has 0 aliphatic rings. The molecular weight excluding hydrogens is 288 g/mol. The molecule has 112 valence electrons. The highest BCUT2D eigenvalue weighted by Gasteiger charge is 2.17. The first-order valence-electron chi connectivity index (χ1n) is 6.72. The van der Waals surface area contributed by atoms with E-state index < -0.39 is 0 Å². The summed E-state index contributed by atoms with van der Waals surface area (Å²) in [4.78, 5) is 11.0. The SMILES string of the molecule is Cc1nn(C)c2nc(N(CCO)Cc3nccn3C)sc12. The van der Waals surface area contributed by atoms with Gasteiger partial charge in [0.05, 0.1) is 23.5 Å². The number of aromatic nitrogens is 5. The molecule has 0 radical (unpaired) electrons. The predicted octanol–water partition coefficient (Wildman–Crippen LogP) is 1.07. The minimum absolute atomic E-state index is 0.0809. The molecule has 7 nitrogen and oxygen atoms in total. The van der Waals surface area contributed by atoms with Crippen LogP contribution in [-0.2, 0) is 20.6 Å². The molecule has 0 fully saturated rings. The van der Waals surface area contributed by atoms with E-state index in [1.807, 2.05) is 36.7 Å². The number of anilines is 1. The average Bonchev–Trinajstić information content (AvgIpc) is 3.10. The Labute approximate surface area is 126 Å². The quantitative estimate of drug-likeness (QED) is 0.763. The normalized spacial score (nSPS) is 11.4. The zero-order valence-electron chi connectivity index (χ0n) is 12.3. The first-order chi connectivity index (χ1) is 10.1. The molecular formula is C13H18N6OS. The molecule has 3 aromatic heterocycles. The molecule has 3 heterocycles. The van der Waals surface area contributed by atoms with Crippen LogP contribution in [0.15, 0.2) is 12.4 Å². The molecule has 0 aliphatic carbocycles. The monoisotopic (exact) mass is 306 g/mol. The summed E-state index contributed by atoms with van der Waals surface area (Å²) in [5.74, 6) is 0.942. The van der Waals surface area contributed by atoms with E-state index in [-0.39, 0.29) is 6.61 Å². The van der Waals surface area contributed by atoms with Gasteiger partial charge in [-0.25, -0.2) is 14.6 Å². The Morgan fingerprint density at radius 2 is 2.19 bits per heavy atom. The second-order valence-electron chi connectivity index (χ2n) is 4.96. The number of aliphatic hydroxyl groups is 1. The van der Waals surface area contributed by atoms with E-state index in [9.17, 15) is 5.11 Å². The van der Waals surface area contributed by atoms with E-state index in [1.165, 1.54) is 0 Å². The summed E-state index contributed by atoms with van der Waals surface area (Å²) in [5.41, 5.74) is 1.87. The third-order valence-electron chi connectivity index (χ3n) is 3.43. The number of hydrogen-bond acceptors (Lipinski definition) is 6. The summed E-state index contributed by atoms with van der Waals surface area (Å²) >= 11 is 1.60. The lowest BCUT2D eigenvalue weighted by molar-refractivity contribution is 0.301. The molecule has 0 spiro atoms. The van der Waals surface area contributed by atoms with Gasteiger partial charge >= 0.3 is 0 Å². The predicted molar refractivity (Wildman–Crippen MR) is 82.5 cm³/mol. The maximum Gasteiger partial charge on any atom is 0.188 e.